The van der Waals surface area contributed by atoms with Crippen LogP contribution in [0.15, 0.2) is 35.1 Å². The van der Waals surface area contributed by atoms with Gasteiger partial charge >= 0.3 is 6.01 Å². The molecule has 1 saturated heterocycles. The summed E-state index contributed by atoms with van der Waals surface area (Å²) in [5, 5.41) is 9.75. The third kappa shape index (κ3) is 3.61. The summed E-state index contributed by atoms with van der Waals surface area (Å²) in [6.45, 7) is 1.40. The summed E-state index contributed by atoms with van der Waals surface area (Å²) in [6, 6.07) is 5.53. The molecule has 0 spiro atoms. The van der Waals surface area contributed by atoms with Crippen LogP contribution in [0.3, 0.4) is 0 Å². The quantitative estimate of drug-likeness (QED) is 0.709. The van der Waals surface area contributed by atoms with E-state index >= 15 is 0 Å². The molecule has 0 amide bonds. The van der Waals surface area contributed by atoms with Crippen LogP contribution in [0, 0.1) is 0 Å². The van der Waals surface area contributed by atoms with Crippen LogP contribution in [-0.4, -0.2) is 58.5 Å². The number of hydrogen-bond acceptors (Lipinski definition) is 9. The molecule has 0 aliphatic carbocycles. The van der Waals surface area contributed by atoms with E-state index in [2.05, 4.69) is 19.9 Å². The third-order valence-electron chi connectivity index (χ3n) is 4.63. The molecule has 28 heavy (non-hydrogen) atoms. The van der Waals surface area contributed by atoms with Gasteiger partial charge in [-0.05, 0) is 25.0 Å². The number of aromatic nitrogens is 4. The summed E-state index contributed by atoms with van der Waals surface area (Å²) in [5.74, 6) is 1.57. The Kier molecular flexibility index (Phi) is 5.07. The van der Waals surface area contributed by atoms with Crippen molar-refractivity contribution in [1.82, 2.24) is 19.9 Å². The largest absolute Gasteiger partial charge is 0.481 e. The molecular formula is C19H21N5O4. The first-order chi connectivity index (χ1) is 13.7. The van der Waals surface area contributed by atoms with Crippen LogP contribution in [0.2, 0.25) is 0 Å². The van der Waals surface area contributed by atoms with Crippen molar-refractivity contribution in [2.45, 2.75) is 18.9 Å². The normalized spacial score (nSPS) is 14.9. The average Bonchev–Trinajstić information content (AvgIpc) is 3.28. The summed E-state index contributed by atoms with van der Waals surface area (Å²) in [7, 11) is 3.03. The zero-order valence-corrected chi connectivity index (χ0v) is 15.7. The molecule has 0 saturated carbocycles. The standard InChI is InChI=1S/C19H21N5O4/c1-26-16-10-14(21-19(22-16)27-2)13-11-20-18(24-7-5-12(25)6-8-24)23-17(13)15-4-3-9-28-15/h3-4,9-12,25H,5-8H2,1-2H3. The Morgan fingerprint density at radius 2 is 1.96 bits per heavy atom. The van der Waals surface area contributed by atoms with E-state index in [-0.39, 0.29) is 12.1 Å². The van der Waals surface area contributed by atoms with Gasteiger partial charge < -0.3 is 23.9 Å². The smallest absolute Gasteiger partial charge is 0.320 e. The third-order valence-corrected chi connectivity index (χ3v) is 4.63. The van der Waals surface area contributed by atoms with Crippen molar-refractivity contribution in [3.8, 4) is 34.6 Å². The zero-order valence-electron chi connectivity index (χ0n) is 15.7. The topological polar surface area (TPSA) is 107 Å². The summed E-state index contributed by atoms with van der Waals surface area (Å²) in [4.78, 5) is 19.9. The van der Waals surface area contributed by atoms with Crippen LogP contribution >= 0.6 is 0 Å². The fraction of sp³-hybridized carbons (Fsp3) is 0.368. The number of aliphatic hydroxyl groups is 1. The number of methoxy groups -OCH3 is 2. The van der Waals surface area contributed by atoms with Gasteiger partial charge in [0.15, 0.2) is 5.76 Å². The minimum atomic E-state index is -0.263. The molecule has 3 aromatic rings. The van der Waals surface area contributed by atoms with Gasteiger partial charge in [-0.25, -0.2) is 9.97 Å². The number of hydrogen-bond donors (Lipinski definition) is 1. The fourth-order valence-corrected chi connectivity index (χ4v) is 3.12. The molecule has 0 aromatic carbocycles. The van der Waals surface area contributed by atoms with E-state index in [0.29, 0.717) is 60.5 Å². The molecule has 0 radical (unpaired) electrons. The number of furan rings is 1. The minimum absolute atomic E-state index is 0.189. The van der Waals surface area contributed by atoms with Crippen LogP contribution in [0.1, 0.15) is 12.8 Å². The predicted octanol–water partition coefficient (Wildman–Crippen LogP) is 2.17. The van der Waals surface area contributed by atoms with E-state index in [9.17, 15) is 5.11 Å². The molecule has 146 valence electrons. The van der Waals surface area contributed by atoms with Gasteiger partial charge in [0.1, 0.15) is 5.69 Å². The van der Waals surface area contributed by atoms with E-state index < -0.39 is 0 Å². The van der Waals surface area contributed by atoms with Crippen molar-refractivity contribution < 1.29 is 19.0 Å². The maximum absolute atomic E-state index is 9.75. The molecule has 3 aromatic heterocycles. The van der Waals surface area contributed by atoms with Crippen LogP contribution in [0.4, 0.5) is 5.95 Å². The lowest BCUT2D eigenvalue weighted by molar-refractivity contribution is 0.145. The number of anilines is 1. The van der Waals surface area contributed by atoms with E-state index in [1.165, 1.54) is 14.2 Å². The molecule has 0 atom stereocenters. The number of aliphatic hydroxyl groups excluding tert-OH is 1. The predicted molar refractivity (Wildman–Crippen MR) is 101 cm³/mol. The number of piperidine rings is 1. The van der Waals surface area contributed by atoms with E-state index in [1.54, 1.807) is 24.6 Å². The molecular weight excluding hydrogens is 362 g/mol. The van der Waals surface area contributed by atoms with Crippen LogP contribution in [0.25, 0.3) is 22.7 Å². The Labute approximate surface area is 162 Å². The van der Waals surface area contributed by atoms with Gasteiger partial charge in [-0.15, -0.1) is 0 Å². The first-order valence-electron chi connectivity index (χ1n) is 8.99. The van der Waals surface area contributed by atoms with E-state index in [1.807, 2.05) is 6.07 Å². The first-order valence-corrected chi connectivity index (χ1v) is 8.99. The lowest BCUT2D eigenvalue weighted by Crippen LogP contribution is -2.36. The van der Waals surface area contributed by atoms with Gasteiger partial charge in [-0.1, -0.05) is 0 Å². The fourth-order valence-electron chi connectivity index (χ4n) is 3.12. The Hall–Kier alpha value is -3.20. The second kappa shape index (κ2) is 7.81. The Balaban J connectivity index is 1.79. The molecule has 1 fully saturated rings. The summed E-state index contributed by atoms with van der Waals surface area (Å²) in [6.07, 6.45) is 4.44. The zero-order chi connectivity index (χ0) is 19.5. The van der Waals surface area contributed by atoms with Crippen molar-refractivity contribution in [2.75, 3.05) is 32.2 Å². The monoisotopic (exact) mass is 383 g/mol. The van der Waals surface area contributed by atoms with Gasteiger partial charge in [0.25, 0.3) is 0 Å². The van der Waals surface area contributed by atoms with Crippen LogP contribution < -0.4 is 14.4 Å². The maximum atomic E-state index is 9.75. The second-order valence-corrected chi connectivity index (χ2v) is 6.41. The lowest BCUT2D eigenvalue weighted by Gasteiger charge is -2.29. The van der Waals surface area contributed by atoms with Gasteiger partial charge in [-0.2, -0.15) is 9.97 Å². The highest BCUT2D eigenvalue weighted by atomic mass is 16.5. The summed E-state index contributed by atoms with van der Waals surface area (Å²) < 4.78 is 16.0. The molecule has 4 heterocycles. The van der Waals surface area contributed by atoms with Gasteiger partial charge in [-0.3, -0.25) is 0 Å². The summed E-state index contributed by atoms with van der Waals surface area (Å²) >= 11 is 0. The van der Waals surface area contributed by atoms with E-state index in [0.717, 1.165) is 0 Å². The van der Waals surface area contributed by atoms with Crippen LogP contribution in [0.5, 0.6) is 11.9 Å². The van der Waals surface area contributed by atoms with Gasteiger partial charge in [0, 0.05) is 30.9 Å². The molecule has 1 aliphatic rings. The highest BCUT2D eigenvalue weighted by Crippen LogP contribution is 2.33. The highest BCUT2D eigenvalue weighted by Gasteiger charge is 2.22. The summed E-state index contributed by atoms with van der Waals surface area (Å²) in [5.41, 5.74) is 1.86. The Bertz CT molecular complexity index is 917. The molecule has 0 bridgehead atoms. The van der Waals surface area contributed by atoms with Crippen molar-refractivity contribution in [2.24, 2.45) is 0 Å². The maximum Gasteiger partial charge on any atom is 0.320 e. The molecule has 9 nitrogen and oxygen atoms in total. The molecule has 4 rings (SSSR count). The SMILES string of the molecule is COc1cc(-c2cnc(N3CCC(O)CC3)nc2-c2ccco2)nc(OC)n1. The van der Waals surface area contributed by atoms with Crippen molar-refractivity contribution in [1.29, 1.82) is 0 Å². The van der Waals surface area contributed by atoms with Crippen molar-refractivity contribution in [3.63, 3.8) is 0 Å². The highest BCUT2D eigenvalue weighted by molar-refractivity contribution is 5.77. The van der Waals surface area contributed by atoms with Gasteiger partial charge in [0.2, 0.25) is 11.8 Å². The number of nitrogens with zero attached hydrogens (tertiary/aromatic N) is 5. The molecule has 1 aliphatic heterocycles. The molecule has 0 unspecified atom stereocenters. The van der Waals surface area contributed by atoms with Gasteiger partial charge in [0.05, 0.1) is 32.3 Å². The lowest BCUT2D eigenvalue weighted by atomic mass is 10.1. The second-order valence-electron chi connectivity index (χ2n) is 6.41. The minimum Gasteiger partial charge on any atom is -0.481 e. The van der Waals surface area contributed by atoms with E-state index in [4.69, 9.17) is 18.9 Å². The molecule has 1 N–H and O–H groups in total. The average molecular weight is 383 g/mol. The Morgan fingerprint density at radius 3 is 2.64 bits per heavy atom. The van der Waals surface area contributed by atoms with Crippen molar-refractivity contribution in [3.05, 3.63) is 30.7 Å². The first kappa shape index (κ1) is 18.2. The number of rotatable bonds is 5. The molecule has 9 heteroatoms. The number of ether oxygens (including phenoxy) is 2. The Morgan fingerprint density at radius 1 is 1.14 bits per heavy atom. The van der Waals surface area contributed by atoms with Crippen LogP contribution in [-0.2, 0) is 0 Å². The van der Waals surface area contributed by atoms with Crippen molar-refractivity contribution >= 4 is 5.95 Å².